The number of nitrogens with zero attached hydrogens (tertiary/aromatic N) is 2. The van der Waals surface area contributed by atoms with E-state index in [-0.39, 0.29) is 5.54 Å². The molecule has 0 saturated carbocycles. The first-order valence-electron chi connectivity index (χ1n) is 4.19. The molecule has 1 heterocycles. The van der Waals surface area contributed by atoms with Crippen molar-refractivity contribution in [2.45, 2.75) is 26.3 Å². The molecule has 6 heteroatoms. The van der Waals surface area contributed by atoms with Crippen molar-refractivity contribution >= 4 is 27.6 Å². The minimum Gasteiger partial charge on any atom is -0.364 e. The standard InChI is InChI=1S/C8H14BrN5/c1-8(2,3)13-6-5(9)7(14-10)12-4-11-6/h4H,10H2,1-3H3,(H2,11,12,13,14). The molecule has 0 aliphatic heterocycles. The second-order valence-corrected chi connectivity index (χ2v) is 4.70. The SMILES string of the molecule is CC(C)(C)Nc1ncnc(NN)c1Br. The smallest absolute Gasteiger partial charge is 0.159 e. The second-order valence-electron chi connectivity index (χ2n) is 3.90. The van der Waals surface area contributed by atoms with Crippen LogP contribution in [0.3, 0.4) is 0 Å². The van der Waals surface area contributed by atoms with Crippen LogP contribution in [0.5, 0.6) is 0 Å². The normalized spacial score (nSPS) is 11.2. The highest BCUT2D eigenvalue weighted by Crippen LogP contribution is 2.27. The van der Waals surface area contributed by atoms with E-state index in [0.717, 1.165) is 10.3 Å². The monoisotopic (exact) mass is 259 g/mol. The summed E-state index contributed by atoms with van der Waals surface area (Å²) in [7, 11) is 0. The lowest BCUT2D eigenvalue weighted by Gasteiger charge is -2.22. The largest absolute Gasteiger partial charge is 0.364 e. The Bertz CT molecular complexity index is 320. The van der Waals surface area contributed by atoms with Gasteiger partial charge in [-0.15, -0.1) is 0 Å². The summed E-state index contributed by atoms with van der Waals surface area (Å²) < 4.78 is 0.734. The first kappa shape index (κ1) is 11.2. The van der Waals surface area contributed by atoms with Crippen LogP contribution in [0.4, 0.5) is 11.6 Å². The van der Waals surface area contributed by atoms with E-state index in [4.69, 9.17) is 5.84 Å². The molecule has 78 valence electrons. The van der Waals surface area contributed by atoms with Crippen molar-refractivity contribution < 1.29 is 0 Å². The van der Waals surface area contributed by atoms with Crippen molar-refractivity contribution in [3.8, 4) is 0 Å². The fourth-order valence-electron chi connectivity index (χ4n) is 0.913. The molecule has 0 amide bonds. The number of hydrogen-bond acceptors (Lipinski definition) is 5. The molecule has 0 fully saturated rings. The lowest BCUT2D eigenvalue weighted by Crippen LogP contribution is -2.27. The summed E-state index contributed by atoms with van der Waals surface area (Å²) in [5.74, 6) is 6.57. The quantitative estimate of drug-likeness (QED) is 0.557. The predicted octanol–water partition coefficient (Wildman–Crippen LogP) is 1.74. The molecule has 0 bridgehead atoms. The highest BCUT2D eigenvalue weighted by atomic mass is 79.9. The summed E-state index contributed by atoms with van der Waals surface area (Å²) in [4.78, 5) is 8.06. The second kappa shape index (κ2) is 4.10. The maximum atomic E-state index is 5.29. The highest BCUT2D eigenvalue weighted by molar-refractivity contribution is 9.10. The van der Waals surface area contributed by atoms with Gasteiger partial charge in [0.05, 0.1) is 0 Å². The third-order valence-corrected chi connectivity index (χ3v) is 2.17. The molecule has 0 aliphatic carbocycles. The molecule has 0 atom stereocenters. The first-order valence-corrected chi connectivity index (χ1v) is 4.98. The van der Waals surface area contributed by atoms with Gasteiger partial charge >= 0.3 is 0 Å². The van der Waals surface area contributed by atoms with Crippen molar-refractivity contribution in [1.82, 2.24) is 9.97 Å². The van der Waals surface area contributed by atoms with Gasteiger partial charge in [-0.25, -0.2) is 15.8 Å². The van der Waals surface area contributed by atoms with Crippen LogP contribution in [0, 0.1) is 0 Å². The third kappa shape index (κ3) is 2.81. The van der Waals surface area contributed by atoms with Gasteiger partial charge in [0.15, 0.2) is 5.82 Å². The topological polar surface area (TPSA) is 75.9 Å². The van der Waals surface area contributed by atoms with E-state index in [9.17, 15) is 0 Å². The van der Waals surface area contributed by atoms with Crippen LogP contribution in [0.1, 0.15) is 20.8 Å². The summed E-state index contributed by atoms with van der Waals surface area (Å²) in [6.45, 7) is 6.16. The number of aromatic nitrogens is 2. The zero-order valence-electron chi connectivity index (χ0n) is 8.43. The van der Waals surface area contributed by atoms with Crippen LogP contribution in [-0.4, -0.2) is 15.5 Å². The van der Waals surface area contributed by atoms with Gasteiger partial charge in [-0.05, 0) is 36.7 Å². The Kier molecular flexibility index (Phi) is 3.28. The molecule has 0 aliphatic rings. The first-order chi connectivity index (χ1) is 6.44. The molecule has 1 aromatic rings. The fourth-order valence-corrected chi connectivity index (χ4v) is 1.33. The van der Waals surface area contributed by atoms with Gasteiger partial charge in [-0.2, -0.15) is 0 Å². The molecular weight excluding hydrogens is 246 g/mol. The van der Waals surface area contributed by atoms with E-state index in [1.807, 2.05) is 0 Å². The lowest BCUT2D eigenvalue weighted by molar-refractivity contribution is 0.629. The maximum absolute atomic E-state index is 5.29. The summed E-state index contributed by atoms with van der Waals surface area (Å²) in [6, 6.07) is 0. The van der Waals surface area contributed by atoms with Crippen LogP contribution < -0.4 is 16.6 Å². The minimum absolute atomic E-state index is 0.0528. The highest BCUT2D eigenvalue weighted by Gasteiger charge is 2.14. The van der Waals surface area contributed by atoms with E-state index < -0.39 is 0 Å². The minimum atomic E-state index is -0.0528. The number of halogens is 1. The number of nitrogens with two attached hydrogens (primary N) is 1. The van der Waals surface area contributed by atoms with Crippen molar-refractivity contribution in [2.75, 3.05) is 10.7 Å². The molecule has 0 unspecified atom stereocenters. The van der Waals surface area contributed by atoms with E-state index in [1.54, 1.807) is 0 Å². The number of nitrogens with one attached hydrogen (secondary N) is 2. The Hall–Kier alpha value is -0.880. The molecule has 1 aromatic heterocycles. The van der Waals surface area contributed by atoms with Crippen LogP contribution in [0.25, 0.3) is 0 Å². The van der Waals surface area contributed by atoms with Gasteiger partial charge in [-0.1, -0.05) is 0 Å². The van der Waals surface area contributed by atoms with Gasteiger partial charge in [0.2, 0.25) is 0 Å². The number of nitrogen functional groups attached to an aromatic ring is 1. The number of rotatable bonds is 2. The molecule has 4 N–H and O–H groups in total. The van der Waals surface area contributed by atoms with Crippen LogP contribution >= 0.6 is 15.9 Å². The molecular formula is C8H14BrN5. The molecule has 0 radical (unpaired) electrons. The lowest BCUT2D eigenvalue weighted by atomic mass is 10.1. The Balaban J connectivity index is 2.98. The summed E-state index contributed by atoms with van der Waals surface area (Å²) in [6.07, 6.45) is 1.45. The fraction of sp³-hybridized carbons (Fsp3) is 0.500. The number of hydrazine groups is 1. The zero-order chi connectivity index (χ0) is 10.8. The summed E-state index contributed by atoms with van der Waals surface area (Å²) >= 11 is 3.36. The van der Waals surface area contributed by atoms with Crippen LogP contribution in [0.2, 0.25) is 0 Å². The van der Waals surface area contributed by atoms with E-state index >= 15 is 0 Å². The van der Waals surface area contributed by atoms with Gasteiger partial charge in [-0.3, -0.25) is 0 Å². The summed E-state index contributed by atoms with van der Waals surface area (Å²) in [5, 5.41) is 3.23. The van der Waals surface area contributed by atoms with Crippen LogP contribution in [-0.2, 0) is 0 Å². The average molecular weight is 260 g/mol. The summed E-state index contributed by atoms with van der Waals surface area (Å²) in [5.41, 5.74) is 2.43. The van der Waals surface area contributed by atoms with Crippen molar-refractivity contribution in [3.05, 3.63) is 10.8 Å². The van der Waals surface area contributed by atoms with Gasteiger partial charge < -0.3 is 10.7 Å². The van der Waals surface area contributed by atoms with Crippen molar-refractivity contribution in [3.63, 3.8) is 0 Å². The van der Waals surface area contributed by atoms with Crippen molar-refractivity contribution in [1.29, 1.82) is 0 Å². The molecule has 1 rings (SSSR count). The van der Waals surface area contributed by atoms with Gasteiger partial charge in [0.1, 0.15) is 16.6 Å². The Morgan fingerprint density at radius 3 is 2.36 bits per heavy atom. The Morgan fingerprint density at radius 1 is 1.29 bits per heavy atom. The zero-order valence-corrected chi connectivity index (χ0v) is 10.0. The number of hydrogen-bond donors (Lipinski definition) is 3. The molecule has 14 heavy (non-hydrogen) atoms. The Labute approximate surface area is 91.6 Å². The van der Waals surface area contributed by atoms with E-state index in [0.29, 0.717) is 5.82 Å². The van der Waals surface area contributed by atoms with E-state index in [2.05, 4.69) is 57.4 Å². The molecule has 0 aromatic carbocycles. The third-order valence-electron chi connectivity index (χ3n) is 1.42. The average Bonchev–Trinajstić information content (AvgIpc) is 2.06. The van der Waals surface area contributed by atoms with Crippen molar-refractivity contribution in [2.24, 2.45) is 5.84 Å². The van der Waals surface area contributed by atoms with Crippen LogP contribution in [0.15, 0.2) is 10.8 Å². The van der Waals surface area contributed by atoms with E-state index in [1.165, 1.54) is 6.33 Å². The van der Waals surface area contributed by atoms with Gasteiger partial charge in [0.25, 0.3) is 0 Å². The molecule has 5 nitrogen and oxygen atoms in total. The predicted molar refractivity (Wildman–Crippen MR) is 60.9 cm³/mol. The number of anilines is 2. The van der Waals surface area contributed by atoms with Gasteiger partial charge in [0, 0.05) is 5.54 Å². The maximum Gasteiger partial charge on any atom is 0.159 e. The Morgan fingerprint density at radius 2 is 1.86 bits per heavy atom. The molecule has 0 saturated heterocycles. The molecule has 0 spiro atoms.